The second-order valence-electron chi connectivity index (χ2n) is 11.0. The van der Waals surface area contributed by atoms with Gasteiger partial charge in [-0.15, -0.1) is 0 Å². The number of aryl methyl sites for hydroxylation is 2. The molecule has 1 aromatic carbocycles. The van der Waals surface area contributed by atoms with Crippen LogP contribution in [0, 0.1) is 41.9 Å². The summed E-state index contributed by atoms with van der Waals surface area (Å²) in [7, 11) is 0. The maximum atomic E-state index is 10.9. The van der Waals surface area contributed by atoms with Gasteiger partial charge >= 0.3 is 0 Å². The molecule has 0 amide bonds. The zero-order valence-corrected chi connectivity index (χ0v) is 19.5. The van der Waals surface area contributed by atoms with Crippen molar-refractivity contribution < 1.29 is 10.2 Å². The second kappa shape index (κ2) is 9.41. The minimum Gasteiger partial charge on any atom is -0.508 e. The summed E-state index contributed by atoms with van der Waals surface area (Å²) in [6.45, 7) is 11.8. The van der Waals surface area contributed by atoms with E-state index in [9.17, 15) is 10.2 Å². The molecule has 2 saturated carbocycles. The Morgan fingerprint density at radius 3 is 2.59 bits per heavy atom. The average Bonchev–Trinajstić information content (AvgIpc) is 3.01. The molecule has 2 aliphatic carbocycles. The highest BCUT2D eigenvalue weighted by molar-refractivity contribution is 5.34. The van der Waals surface area contributed by atoms with Gasteiger partial charge in [-0.05, 0) is 104 Å². The normalized spacial score (nSPS) is 33.1. The van der Waals surface area contributed by atoms with E-state index in [0.717, 1.165) is 37.0 Å². The lowest BCUT2D eigenvalue weighted by atomic mass is 9.57. The molecule has 2 nitrogen and oxygen atoms in total. The number of hydrogen-bond acceptors (Lipinski definition) is 2. The molecule has 2 fully saturated rings. The Balaban J connectivity index is 1.67. The fourth-order valence-electron chi connectivity index (χ4n) is 6.94. The molecular formula is C27H44O2. The molecule has 29 heavy (non-hydrogen) atoms. The Kier molecular flexibility index (Phi) is 7.36. The van der Waals surface area contributed by atoms with Gasteiger partial charge in [-0.3, -0.25) is 0 Å². The summed E-state index contributed by atoms with van der Waals surface area (Å²) in [5.41, 5.74) is 2.88. The molecule has 2 N–H and O–H groups in total. The fraction of sp³-hybridized carbons (Fsp3) is 0.778. The summed E-state index contributed by atoms with van der Waals surface area (Å²) in [4.78, 5) is 0. The van der Waals surface area contributed by atoms with Crippen LogP contribution in [0.5, 0.6) is 5.75 Å². The van der Waals surface area contributed by atoms with Crippen LogP contribution in [-0.4, -0.2) is 16.3 Å². The molecule has 4 unspecified atom stereocenters. The van der Waals surface area contributed by atoms with Crippen molar-refractivity contribution in [3.8, 4) is 5.75 Å². The topological polar surface area (TPSA) is 40.5 Å². The highest BCUT2D eigenvalue weighted by Gasteiger charge is 2.54. The second-order valence-corrected chi connectivity index (χ2v) is 11.0. The zero-order chi connectivity index (χ0) is 21.2. The standard InChI is InChI=1S/C27H44O2/c1-18(2)7-6-8-20(4)24-13-14-25-23(26(29)15-16-27(24,25)5)12-10-21-17-22(28)11-9-19(21)3/h9,11,17-18,20,23-26,28-29H,6-8,10,12-16H2,1-5H3/t20?,23-,24?,25?,26+,27?/m0/s1. The van der Waals surface area contributed by atoms with Crippen molar-refractivity contribution in [1.29, 1.82) is 0 Å². The molecule has 0 aromatic heterocycles. The van der Waals surface area contributed by atoms with Crippen molar-refractivity contribution >= 4 is 0 Å². The van der Waals surface area contributed by atoms with Crippen molar-refractivity contribution in [3.63, 3.8) is 0 Å². The van der Waals surface area contributed by atoms with Crippen LogP contribution in [0.1, 0.15) is 90.2 Å². The maximum absolute atomic E-state index is 10.9. The van der Waals surface area contributed by atoms with Crippen LogP contribution in [0.4, 0.5) is 0 Å². The molecule has 0 saturated heterocycles. The van der Waals surface area contributed by atoms with Gasteiger partial charge in [-0.25, -0.2) is 0 Å². The minimum atomic E-state index is -0.152. The van der Waals surface area contributed by atoms with Crippen molar-refractivity contribution in [1.82, 2.24) is 0 Å². The number of phenolic OH excluding ortho intramolecular Hbond substituents is 1. The number of hydrogen-bond donors (Lipinski definition) is 2. The molecule has 2 heteroatoms. The highest BCUT2D eigenvalue weighted by atomic mass is 16.3. The third-order valence-corrected chi connectivity index (χ3v) is 8.68. The molecule has 0 heterocycles. The largest absolute Gasteiger partial charge is 0.508 e. The third-order valence-electron chi connectivity index (χ3n) is 8.68. The fourth-order valence-corrected chi connectivity index (χ4v) is 6.94. The van der Waals surface area contributed by atoms with Gasteiger partial charge in [0.1, 0.15) is 5.75 Å². The summed E-state index contributed by atoms with van der Waals surface area (Å²) < 4.78 is 0. The molecule has 1 aromatic rings. The number of aliphatic hydroxyl groups excluding tert-OH is 1. The molecule has 0 aliphatic heterocycles. The molecule has 0 spiro atoms. The number of rotatable bonds is 8. The van der Waals surface area contributed by atoms with E-state index < -0.39 is 0 Å². The Labute approximate surface area is 179 Å². The van der Waals surface area contributed by atoms with Gasteiger partial charge in [0.05, 0.1) is 6.10 Å². The molecule has 3 rings (SSSR count). The van der Waals surface area contributed by atoms with E-state index in [-0.39, 0.29) is 6.10 Å². The number of aliphatic hydroxyl groups is 1. The first-order valence-corrected chi connectivity index (χ1v) is 12.2. The zero-order valence-electron chi connectivity index (χ0n) is 19.5. The van der Waals surface area contributed by atoms with E-state index in [1.807, 2.05) is 12.1 Å². The summed E-state index contributed by atoms with van der Waals surface area (Å²) in [5, 5.41) is 20.8. The highest BCUT2D eigenvalue weighted by Crippen LogP contribution is 2.60. The van der Waals surface area contributed by atoms with Crippen molar-refractivity contribution in [3.05, 3.63) is 29.3 Å². The first-order valence-electron chi connectivity index (χ1n) is 12.2. The monoisotopic (exact) mass is 400 g/mol. The first kappa shape index (κ1) is 22.7. The van der Waals surface area contributed by atoms with Crippen LogP contribution < -0.4 is 0 Å². The lowest BCUT2D eigenvalue weighted by molar-refractivity contribution is -0.0529. The SMILES string of the molecule is Cc1ccc(O)cc1CC[C@H]1C2CCC(C(C)CCCC(C)C)C2(C)CC[C@H]1O. The van der Waals surface area contributed by atoms with E-state index in [4.69, 9.17) is 0 Å². The Hall–Kier alpha value is -1.02. The van der Waals surface area contributed by atoms with Gasteiger partial charge in [0.25, 0.3) is 0 Å². The molecule has 164 valence electrons. The summed E-state index contributed by atoms with van der Waals surface area (Å²) in [6.07, 6.45) is 10.7. The molecule has 2 aliphatic rings. The van der Waals surface area contributed by atoms with Gasteiger partial charge in [0.2, 0.25) is 0 Å². The molecular weight excluding hydrogens is 356 g/mol. The van der Waals surface area contributed by atoms with Crippen molar-refractivity contribution in [2.45, 2.75) is 98.5 Å². The van der Waals surface area contributed by atoms with Gasteiger partial charge in [-0.2, -0.15) is 0 Å². The van der Waals surface area contributed by atoms with Crippen LogP contribution in [0.2, 0.25) is 0 Å². The van der Waals surface area contributed by atoms with Crippen LogP contribution in [0.3, 0.4) is 0 Å². The van der Waals surface area contributed by atoms with Gasteiger partial charge in [-0.1, -0.05) is 53.0 Å². The predicted molar refractivity (Wildman–Crippen MR) is 122 cm³/mol. The smallest absolute Gasteiger partial charge is 0.115 e. The Morgan fingerprint density at radius 2 is 1.86 bits per heavy atom. The molecule has 0 radical (unpaired) electrons. The molecule has 0 bridgehead atoms. The van der Waals surface area contributed by atoms with Crippen LogP contribution in [-0.2, 0) is 6.42 Å². The van der Waals surface area contributed by atoms with Gasteiger partial charge in [0, 0.05) is 0 Å². The predicted octanol–water partition coefficient (Wildman–Crippen LogP) is 6.90. The quantitative estimate of drug-likeness (QED) is 0.498. The first-order chi connectivity index (χ1) is 13.7. The third kappa shape index (κ3) is 5.01. The number of aromatic hydroxyl groups is 1. The van der Waals surface area contributed by atoms with E-state index in [0.29, 0.717) is 23.0 Å². The Morgan fingerprint density at radius 1 is 1.10 bits per heavy atom. The lowest BCUT2D eigenvalue weighted by Gasteiger charge is -2.49. The molecule has 6 atom stereocenters. The number of benzene rings is 1. The maximum Gasteiger partial charge on any atom is 0.115 e. The van der Waals surface area contributed by atoms with Crippen molar-refractivity contribution in [2.24, 2.45) is 35.0 Å². The van der Waals surface area contributed by atoms with Crippen molar-refractivity contribution in [2.75, 3.05) is 0 Å². The van der Waals surface area contributed by atoms with E-state index in [1.54, 1.807) is 6.07 Å². The van der Waals surface area contributed by atoms with Crippen LogP contribution in [0.15, 0.2) is 18.2 Å². The minimum absolute atomic E-state index is 0.152. The number of phenols is 1. The van der Waals surface area contributed by atoms with E-state index in [2.05, 4.69) is 34.6 Å². The summed E-state index contributed by atoms with van der Waals surface area (Å²) in [6, 6.07) is 5.70. The lowest BCUT2D eigenvalue weighted by Crippen LogP contribution is -2.45. The van der Waals surface area contributed by atoms with Crippen LogP contribution in [0.25, 0.3) is 0 Å². The van der Waals surface area contributed by atoms with E-state index in [1.165, 1.54) is 49.7 Å². The summed E-state index contributed by atoms with van der Waals surface area (Å²) in [5.74, 6) is 3.84. The van der Waals surface area contributed by atoms with Crippen LogP contribution >= 0.6 is 0 Å². The summed E-state index contributed by atoms with van der Waals surface area (Å²) >= 11 is 0. The van der Waals surface area contributed by atoms with Gasteiger partial charge in [0.15, 0.2) is 0 Å². The Bertz CT molecular complexity index is 667. The van der Waals surface area contributed by atoms with E-state index >= 15 is 0 Å². The average molecular weight is 401 g/mol. The van der Waals surface area contributed by atoms with Gasteiger partial charge < -0.3 is 10.2 Å². The number of fused-ring (bicyclic) bond motifs is 1.